The predicted octanol–water partition coefficient (Wildman–Crippen LogP) is 3.32. The minimum atomic E-state index is 0.168. The molecule has 0 N–H and O–H groups in total. The number of thioether (sulfide) groups is 1. The van der Waals surface area contributed by atoms with Gasteiger partial charge in [0.2, 0.25) is 5.91 Å². The summed E-state index contributed by atoms with van der Waals surface area (Å²) in [5.41, 5.74) is 1.15. The fourth-order valence-electron chi connectivity index (χ4n) is 2.20. The smallest absolute Gasteiger partial charge is 0.226 e. The summed E-state index contributed by atoms with van der Waals surface area (Å²) in [6, 6.07) is 7.85. The van der Waals surface area contributed by atoms with Gasteiger partial charge in [-0.3, -0.25) is 4.79 Å². The largest absolute Gasteiger partial charge is 0.325 e. The maximum absolute atomic E-state index is 12.2. The molecule has 1 heterocycles. The van der Waals surface area contributed by atoms with E-state index in [1.165, 1.54) is 0 Å². The molecule has 2 fully saturated rings. The third kappa shape index (κ3) is 2.31. The Morgan fingerprint density at radius 1 is 1.41 bits per heavy atom. The van der Waals surface area contributed by atoms with Crippen molar-refractivity contribution >= 4 is 29.3 Å². The lowest BCUT2D eigenvalue weighted by Gasteiger charge is -2.24. The lowest BCUT2D eigenvalue weighted by atomic mass is 10.2. The number of rotatable bonds is 2. The molecule has 1 atom stereocenters. The third-order valence-electron chi connectivity index (χ3n) is 3.23. The second kappa shape index (κ2) is 4.54. The van der Waals surface area contributed by atoms with Crippen LogP contribution in [-0.4, -0.2) is 23.1 Å². The molecule has 1 saturated heterocycles. The number of carbonyl (C=O) groups excluding carboxylic acids is 1. The SMILES string of the molecule is O=C(C1CC1)N1CCSC1c1cccc(Cl)c1. The van der Waals surface area contributed by atoms with Crippen LogP contribution < -0.4 is 0 Å². The second-order valence-electron chi connectivity index (χ2n) is 4.58. The Bertz CT molecular complexity index is 447. The summed E-state index contributed by atoms with van der Waals surface area (Å²) in [4.78, 5) is 14.2. The van der Waals surface area contributed by atoms with Gasteiger partial charge in [-0.2, -0.15) is 0 Å². The molecular formula is C13H14ClNOS. The van der Waals surface area contributed by atoms with Crippen LogP contribution in [-0.2, 0) is 4.79 Å². The van der Waals surface area contributed by atoms with E-state index in [1.54, 1.807) is 0 Å². The van der Waals surface area contributed by atoms with Crippen molar-refractivity contribution < 1.29 is 4.79 Å². The summed E-state index contributed by atoms with van der Waals surface area (Å²) < 4.78 is 0. The Kier molecular flexibility index (Phi) is 3.05. The number of amides is 1. The predicted molar refractivity (Wildman–Crippen MR) is 71.1 cm³/mol. The van der Waals surface area contributed by atoms with E-state index in [-0.39, 0.29) is 5.37 Å². The molecular weight excluding hydrogens is 254 g/mol. The zero-order chi connectivity index (χ0) is 11.8. The first-order valence-corrected chi connectivity index (χ1v) is 7.36. The molecule has 0 aromatic heterocycles. The fourth-order valence-corrected chi connectivity index (χ4v) is 3.65. The lowest BCUT2D eigenvalue weighted by molar-refractivity contribution is -0.132. The van der Waals surface area contributed by atoms with Crippen LogP contribution in [0.15, 0.2) is 24.3 Å². The molecule has 4 heteroatoms. The molecule has 1 saturated carbocycles. The van der Waals surface area contributed by atoms with Crippen molar-refractivity contribution in [1.29, 1.82) is 0 Å². The van der Waals surface area contributed by atoms with E-state index in [0.29, 0.717) is 11.8 Å². The van der Waals surface area contributed by atoms with Gasteiger partial charge >= 0.3 is 0 Å². The highest BCUT2D eigenvalue weighted by Crippen LogP contribution is 2.42. The Labute approximate surface area is 110 Å². The van der Waals surface area contributed by atoms with Gasteiger partial charge in [0, 0.05) is 23.2 Å². The van der Waals surface area contributed by atoms with Gasteiger partial charge in [0.05, 0.1) is 0 Å². The van der Waals surface area contributed by atoms with Gasteiger partial charge < -0.3 is 4.90 Å². The number of carbonyl (C=O) groups is 1. The molecule has 3 rings (SSSR count). The molecule has 17 heavy (non-hydrogen) atoms. The van der Waals surface area contributed by atoms with Gasteiger partial charge in [0.25, 0.3) is 0 Å². The van der Waals surface area contributed by atoms with Gasteiger partial charge in [-0.15, -0.1) is 11.8 Å². The van der Waals surface area contributed by atoms with Crippen LogP contribution in [0.25, 0.3) is 0 Å². The first-order chi connectivity index (χ1) is 8.25. The number of hydrogen-bond donors (Lipinski definition) is 0. The Morgan fingerprint density at radius 2 is 2.24 bits per heavy atom. The Balaban J connectivity index is 1.83. The number of benzene rings is 1. The summed E-state index contributed by atoms with van der Waals surface area (Å²) in [5.74, 6) is 1.66. The minimum Gasteiger partial charge on any atom is -0.325 e. The molecule has 1 amide bonds. The Morgan fingerprint density at radius 3 is 2.94 bits per heavy atom. The lowest BCUT2D eigenvalue weighted by Crippen LogP contribution is -2.31. The van der Waals surface area contributed by atoms with E-state index in [1.807, 2.05) is 34.9 Å². The van der Waals surface area contributed by atoms with Crippen molar-refractivity contribution in [3.8, 4) is 0 Å². The van der Waals surface area contributed by atoms with Gasteiger partial charge in [-0.1, -0.05) is 23.7 Å². The molecule has 1 aliphatic carbocycles. The van der Waals surface area contributed by atoms with E-state index < -0.39 is 0 Å². The molecule has 0 bridgehead atoms. The first-order valence-electron chi connectivity index (χ1n) is 5.93. The van der Waals surface area contributed by atoms with Gasteiger partial charge in [-0.25, -0.2) is 0 Å². The van der Waals surface area contributed by atoms with Crippen molar-refractivity contribution in [3.63, 3.8) is 0 Å². The summed E-state index contributed by atoms with van der Waals surface area (Å²) in [6.07, 6.45) is 2.14. The first kappa shape index (κ1) is 11.4. The van der Waals surface area contributed by atoms with Crippen LogP contribution in [0.5, 0.6) is 0 Å². The van der Waals surface area contributed by atoms with Crippen LogP contribution in [0.1, 0.15) is 23.8 Å². The summed E-state index contributed by atoms with van der Waals surface area (Å²) >= 11 is 7.84. The number of halogens is 1. The normalized spacial score (nSPS) is 24.1. The van der Waals surface area contributed by atoms with Crippen molar-refractivity contribution in [2.75, 3.05) is 12.3 Å². The number of hydrogen-bond acceptors (Lipinski definition) is 2. The monoisotopic (exact) mass is 267 g/mol. The van der Waals surface area contributed by atoms with Crippen LogP contribution >= 0.6 is 23.4 Å². The summed E-state index contributed by atoms with van der Waals surface area (Å²) in [5, 5.41) is 0.913. The van der Waals surface area contributed by atoms with Crippen LogP contribution in [0.3, 0.4) is 0 Å². The summed E-state index contributed by atoms with van der Waals surface area (Å²) in [7, 11) is 0. The topological polar surface area (TPSA) is 20.3 Å². The second-order valence-corrected chi connectivity index (χ2v) is 6.21. The molecule has 90 valence electrons. The number of nitrogens with zero attached hydrogens (tertiary/aromatic N) is 1. The fraction of sp³-hybridized carbons (Fsp3) is 0.462. The van der Waals surface area contributed by atoms with Crippen molar-refractivity contribution in [2.45, 2.75) is 18.2 Å². The van der Waals surface area contributed by atoms with E-state index in [9.17, 15) is 4.79 Å². The van der Waals surface area contributed by atoms with Crippen molar-refractivity contribution in [2.24, 2.45) is 5.92 Å². The zero-order valence-corrected chi connectivity index (χ0v) is 11.0. The van der Waals surface area contributed by atoms with E-state index in [0.717, 1.165) is 35.7 Å². The van der Waals surface area contributed by atoms with Crippen LogP contribution in [0.2, 0.25) is 5.02 Å². The van der Waals surface area contributed by atoms with Crippen molar-refractivity contribution in [3.05, 3.63) is 34.9 Å². The highest BCUT2D eigenvalue weighted by atomic mass is 35.5. The quantitative estimate of drug-likeness (QED) is 0.819. The maximum atomic E-state index is 12.2. The Hall–Kier alpha value is -0.670. The zero-order valence-electron chi connectivity index (χ0n) is 9.43. The van der Waals surface area contributed by atoms with Crippen molar-refractivity contribution in [1.82, 2.24) is 4.90 Å². The standard InChI is InChI=1S/C13H14ClNOS/c14-11-3-1-2-10(8-11)13-15(6-7-17-13)12(16)9-4-5-9/h1-3,8-9,13H,4-7H2. The maximum Gasteiger partial charge on any atom is 0.226 e. The van der Waals surface area contributed by atoms with Crippen LogP contribution in [0.4, 0.5) is 0 Å². The van der Waals surface area contributed by atoms with Gasteiger partial charge in [0.15, 0.2) is 0 Å². The molecule has 2 nitrogen and oxygen atoms in total. The van der Waals surface area contributed by atoms with Gasteiger partial charge in [0.1, 0.15) is 5.37 Å². The van der Waals surface area contributed by atoms with Crippen LogP contribution in [0, 0.1) is 5.92 Å². The highest BCUT2D eigenvalue weighted by Gasteiger charge is 2.39. The van der Waals surface area contributed by atoms with E-state index in [2.05, 4.69) is 6.07 Å². The molecule has 2 aliphatic rings. The minimum absolute atomic E-state index is 0.168. The summed E-state index contributed by atoms with van der Waals surface area (Å²) in [6.45, 7) is 0.872. The van der Waals surface area contributed by atoms with E-state index in [4.69, 9.17) is 11.6 Å². The van der Waals surface area contributed by atoms with Gasteiger partial charge in [-0.05, 0) is 30.5 Å². The molecule has 1 aromatic carbocycles. The third-order valence-corrected chi connectivity index (χ3v) is 4.73. The molecule has 0 radical (unpaired) electrons. The molecule has 1 aromatic rings. The average molecular weight is 268 g/mol. The highest BCUT2D eigenvalue weighted by molar-refractivity contribution is 7.99. The van der Waals surface area contributed by atoms with E-state index >= 15 is 0 Å². The molecule has 0 spiro atoms. The average Bonchev–Trinajstić information content (AvgIpc) is 3.05. The molecule has 1 unspecified atom stereocenters. The molecule has 1 aliphatic heterocycles.